The molecule has 1 aromatic rings. The van der Waals surface area contributed by atoms with Crippen molar-refractivity contribution >= 4 is 29.1 Å². The van der Waals surface area contributed by atoms with Crippen molar-refractivity contribution in [3.63, 3.8) is 0 Å². The van der Waals surface area contributed by atoms with Gasteiger partial charge in [0.25, 0.3) is 5.91 Å². The van der Waals surface area contributed by atoms with Gasteiger partial charge in [-0.3, -0.25) is 9.59 Å². The van der Waals surface area contributed by atoms with E-state index in [2.05, 4.69) is 10.5 Å². The molecule has 0 aliphatic rings. The summed E-state index contributed by atoms with van der Waals surface area (Å²) in [5, 5.41) is 4.21. The molecule has 0 saturated heterocycles. The molecule has 3 N–H and O–H groups in total. The summed E-state index contributed by atoms with van der Waals surface area (Å²) in [6.45, 7) is 1.60. The third-order valence-corrected chi connectivity index (χ3v) is 2.10. The Labute approximate surface area is 104 Å². The summed E-state index contributed by atoms with van der Waals surface area (Å²) in [4.78, 5) is 22.2. The van der Waals surface area contributed by atoms with Crippen LogP contribution in [0.1, 0.15) is 23.7 Å². The van der Waals surface area contributed by atoms with Crippen LogP contribution in [0, 0.1) is 0 Å². The highest BCUT2D eigenvalue weighted by Crippen LogP contribution is 2.10. The van der Waals surface area contributed by atoms with Crippen LogP contribution in [-0.4, -0.2) is 17.5 Å². The highest BCUT2D eigenvalue weighted by molar-refractivity contribution is 6.30. The molecule has 6 heteroatoms. The van der Waals surface area contributed by atoms with Gasteiger partial charge in [-0.15, -0.1) is 0 Å². The van der Waals surface area contributed by atoms with Gasteiger partial charge in [-0.1, -0.05) is 17.7 Å². The van der Waals surface area contributed by atoms with E-state index in [4.69, 9.17) is 17.3 Å². The van der Waals surface area contributed by atoms with Crippen molar-refractivity contribution in [1.82, 2.24) is 5.43 Å². The van der Waals surface area contributed by atoms with E-state index in [1.807, 2.05) is 0 Å². The number of hydrogen-bond donors (Lipinski definition) is 2. The summed E-state index contributed by atoms with van der Waals surface area (Å²) in [6.07, 6.45) is 0.00975. The second kappa shape index (κ2) is 6.00. The van der Waals surface area contributed by atoms with E-state index in [9.17, 15) is 9.59 Å². The molecule has 0 fully saturated rings. The summed E-state index contributed by atoms with van der Waals surface area (Å²) < 4.78 is 0. The first-order chi connectivity index (χ1) is 7.99. The van der Waals surface area contributed by atoms with Gasteiger partial charge in [-0.2, -0.15) is 5.10 Å². The fourth-order valence-corrected chi connectivity index (χ4v) is 1.32. The zero-order chi connectivity index (χ0) is 12.8. The van der Waals surface area contributed by atoms with Crippen molar-refractivity contribution in [3.8, 4) is 0 Å². The number of carbonyl (C=O) groups is 2. The molecule has 0 aromatic heterocycles. The smallest absolute Gasteiger partial charge is 0.271 e. The highest BCUT2D eigenvalue weighted by Gasteiger charge is 2.05. The van der Waals surface area contributed by atoms with E-state index in [0.29, 0.717) is 16.3 Å². The van der Waals surface area contributed by atoms with Crippen molar-refractivity contribution in [2.45, 2.75) is 13.3 Å². The van der Waals surface area contributed by atoms with E-state index in [-0.39, 0.29) is 6.42 Å². The maximum atomic E-state index is 11.6. The normalized spacial score (nSPS) is 11.1. The van der Waals surface area contributed by atoms with E-state index < -0.39 is 11.8 Å². The summed E-state index contributed by atoms with van der Waals surface area (Å²) in [6, 6.07) is 6.47. The second-order valence-corrected chi connectivity index (χ2v) is 3.88. The Morgan fingerprint density at radius 1 is 1.47 bits per heavy atom. The fourth-order valence-electron chi connectivity index (χ4n) is 1.13. The van der Waals surface area contributed by atoms with Crippen LogP contribution >= 0.6 is 11.6 Å². The Bertz CT molecular complexity index is 472. The van der Waals surface area contributed by atoms with E-state index >= 15 is 0 Å². The summed E-state index contributed by atoms with van der Waals surface area (Å²) in [7, 11) is 0. The Kier molecular flexibility index (Phi) is 4.66. The van der Waals surface area contributed by atoms with Crippen molar-refractivity contribution in [3.05, 3.63) is 34.9 Å². The van der Waals surface area contributed by atoms with Gasteiger partial charge >= 0.3 is 0 Å². The minimum Gasteiger partial charge on any atom is -0.369 e. The molecule has 0 heterocycles. The molecule has 0 aliphatic carbocycles. The number of rotatable bonds is 4. The summed E-state index contributed by atoms with van der Waals surface area (Å²) in [5.74, 6) is -0.889. The van der Waals surface area contributed by atoms with Crippen LogP contribution in [0.3, 0.4) is 0 Å². The fraction of sp³-hybridized carbons (Fsp3) is 0.182. The standard InChI is InChI=1S/C11H12ClN3O2/c1-7(5-10(13)16)14-15-11(17)8-3-2-4-9(12)6-8/h2-4,6H,5H2,1H3,(H2,13,16)(H,15,17)/b14-7-. The number of hydrogen-bond acceptors (Lipinski definition) is 3. The number of nitrogens with zero attached hydrogens (tertiary/aromatic N) is 1. The van der Waals surface area contributed by atoms with Crippen LogP contribution in [-0.2, 0) is 4.79 Å². The van der Waals surface area contributed by atoms with Crippen molar-refractivity contribution < 1.29 is 9.59 Å². The number of hydrazone groups is 1. The number of benzene rings is 1. The molecule has 17 heavy (non-hydrogen) atoms. The molecule has 5 nitrogen and oxygen atoms in total. The first kappa shape index (κ1) is 13.2. The number of nitrogens with two attached hydrogens (primary N) is 1. The highest BCUT2D eigenvalue weighted by atomic mass is 35.5. The Hall–Kier alpha value is -1.88. The maximum Gasteiger partial charge on any atom is 0.271 e. The third kappa shape index (κ3) is 4.65. The minimum absolute atomic E-state index is 0.00975. The van der Waals surface area contributed by atoms with Gasteiger partial charge in [-0.05, 0) is 25.1 Å². The lowest BCUT2D eigenvalue weighted by molar-refractivity contribution is -0.116. The number of amides is 2. The number of nitrogens with one attached hydrogen (secondary N) is 1. The molecule has 90 valence electrons. The molecule has 1 aromatic carbocycles. The van der Waals surface area contributed by atoms with Crippen molar-refractivity contribution in [1.29, 1.82) is 0 Å². The molecular weight excluding hydrogens is 242 g/mol. The number of carbonyl (C=O) groups excluding carboxylic acids is 2. The largest absolute Gasteiger partial charge is 0.369 e. The Morgan fingerprint density at radius 2 is 2.18 bits per heavy atom. The summed E-state index contributed by atoms with van der Waals surface area (Å²) in [5.41, 5.74) is 8.13. The van der Waals surface area contributed by atoms with Crippen LogP contribution in [0.15, 0.2) is 29.4 Å². The van der Waals surface area contributed by atoms with Gasteiger partial charge in [0.15, 0.2) is 0 Å². The summed E-state index contributed by atoms with van der Waals surface area (Å²) >= 11 is 5.74. The SMILES string of the molecule is C/C(CC(N)=O)=N/NC(=O)c1cccc(Cl)c1. The second-order valence-electron chi connectivity index (χ2n) is 3.44. The quantitative estimate of drug-likeness (QED) is 0.626. The molecule has 0 radical (unpaired) electrons. The molecule has 0 aliphatic heterocycles. The predicted molar refractivity (Wildman–Crippen MR) is 65.8 cm³/mol. The third-order valence-electron chi connectivity index (χ3n) is 1.87. The molecule has 0 unspecified atom stereocenters. The molecule has 2 amide bonds. The lowest BCUT2D eigenvalue weighted by Gasteiger charge is -2.01. The molecular formula is C11H12ClN3O2. The van der Waals surface area contributed by atoms with Gasteiger partial charge in [0.2, 0.25) is 5.91 Å². The Balaban J connectivity index is 2.64. The zero-order valence-corrected chi connectivity index (χ0v) is 9.99. The van der Waals surface area contributed by atoms with Crippen LogP contribution < -0.4 is 11.2 Å². The molecule has 0 atom stereocenters. The average Bonchev–Trinajstić information content (AvgIpc) is 2.25. The minimum atomic E-state index is -0.497. The average molecular weight is 254 g/mol. The lowest BCUT2D eigenvalue weighted by atomic mass is 10.2. The van der Waals surface area contributed by atoms with Gasteiger partial charge in [0, 0.05) is 16.3 Å². The van der Waals surface area contributed by atoms with Crippen LogP contribution in [0.5, 0.6) is 0 Å². The number of halogens is 1. The predicted octanol–water partition coefficient (Wildman–Crippen LogP) is 1.32. The monoisotopic (exact) mass is 253 g/mol. The van der Waals surface area contributed by atoms with Gasteiger partial charge < -0.3 is 5.73 Å². The van der Waals surface area contributed by atoms with Crippen LogP contribution in [0.2, 0.25) is 5.02 Å². The first-order valence-corrected chi connectivity index (χ1v) is 5.24. The molecule has 0 bridgehead atoms. The topological polar surface area (TPSA) is 84.6 Å². The first-order valence-electron chi connectivity index (χ1n) is 4.86. The van der Waals surface area contributed by atoms with Crippen LogP contribution in [0.25, 0.3) is 0 Å². The van der Waals surface area contributed by atoms with Gasteiger partial charge in [0.05, 0.1) is 6.42 Å². The van der Waals surface area contributed by atoms with E-state index in [1.165, 1.54) is 6.07 Å². The molecule has 0 saturated carbocycles. The number of primary amides is 1. The molecule has 0 spiro atoms. The van der Waals surface area contributed by atoms with Gasteiger partial charge in [0.1, 0.15) is 0 Å². The maximum absolute atomic E-state index is 11.6. The Morgan fingerprint density at radius 3 is 2.76 bits per heavy atom. The van der Waals surface area contributed by atoms with Crippen molar-refractivity contribution in [2.24, 2.45) is 10.8 Å². The van der Waals surface area contributed by atoms with Crippen molar-refractivity contribution in [2.75, 3.05) is 0 Å². The molecule has 1 rings (SSSR count). The lowest BCUT2D eigenvalue weighted by Crippen LogP contribution is -2.21. The zero-order valence-electron chi connectivity index (χ0n) is 9.24. The van der Waals surface area contributed by atoms with Crippen LogP contribution in [0.4, 0.5) is 0 Å². The van der Waals surface area contributed by atoms with E-state index in [1.54, 1.807) is 25.1 Å². The van der Waals surface area contributed by atoms with E-state index in [0.717, 1.165) is 0 Å². The van der Waals surface area contributed by atoms with Gasteiger partial charge in [-0.25, -0.2) is 5.43 Å².